The number of carbonyl (C=O) groups is 1. The van der Waals surface area contributed by atoms with E-state index in [2.05, 4.69) is 37.9 Å². The van der Waals surface area contributed by atoms with Gasteiger partial charge in [-0.2, -0.15) is 0 Å². The van der Waals surface area contributed by atoms with E-state index in [1.807, 2.05) is 29.2 Å². The first kappa shape index (κ1) is 20.0. The molecule has 4 nitrogen and oxygen atoms in total. The molecule has 0 fully saturated rings. The van der Waals surface area contributed by atoms with Crippen molar-refractivity contribution in [3.8, 4) is 0 Å². The lowest BCUT2D eigenvalue weighted by Gasteiger charge is -2.38. The molecule has 0 heterocycles. The smallest absolute Gasteiger partial charge is 0.269 e. The third-order valence-corrected chi connectivity index (χ3v) is 5.50. The summed E-state index contributed by atoms with van der Waals surface area (Å²) in [5.41, 5.74) is 9.67. The Morgan fingerprint density at radius 1 is 1.29 bits per heavy atom. The number of hydrogen-bond acceptors (Lipinski definition) is 3. The molecule has 0 spiro atoms. The minimum Gasteiger partial charge on any atom is -0.403 e. The van der Waals surface area contributed by atoms with Crippen LogP contribution in [0, 0.1) is 5.41 Å². The summed E-state index contributed by atoms with van der Waals surface area (Å²) in [6.07, 6.45) is 3.98. The Morgan fingerprint density at radius 2 is 1.96 bits per heavy atom. The molecule has 0 bridgehead atoms. The number of benzene rings is 2. The highest BCUT2D eigenvalue weighted by Crippen LogP contribution is 2.49. The van der Waals surface area contributed by atoms with Crippen molar-refractivity contribution in [2.75, 3.05) is 0 Å². The first-order valence-electron chi connectivity index (χ1n) is 9.30. The van der Waals surface area contributed by atoms with Crippen LogP contribution in [0.4, 0.5) is 0 Å². The van der Waals surface area contributed by atoms with Gasteiger partial charge in [0.2, 0.25) is 0 Å². The molecule has 0 aliphatic heterocycles. The van der Waals surface area contributed by atoms with E-state index in [0.717, 1.165) is 12.0 Å². The van der Waals surface area contributed by atoms with Crippen molar-refractivity contribution >= 4 is 17.5 Å². The minimum atomic E-state index is -0.238. The normalized spacial score (nSPS) is 17.7. The van der Waals surface area contributed by atoms with E-state index in [9.17, 15) is 4.79 Å². The lowest BCUT2D eigenvalue weighted by atomic mass is 9.84. The summed E-state index contributed by atoms with van der Waals surface area (Å²) in [4.78, 5) is 14.8. The van der Waals surface area contributed by atoms with E-state index >= 15 is 0 Å². The fourth-order valence-electron chi connectivity index (χ4n) is 3.99. The van der Waals surface area contributed by atoms with Crippen molar-refractivity contribution < 1.29 is 4.79 Å². The van der Waals surface area contributed by atoms with E-state index in [1.165, 1.54) is 17.3 Å². The predicted octanol–water partition coefficient (Wildman–Crippen LogP) is 4.53. The molecular formula is C23H26ClN3O. The molecule has 3 rings (SSSR count). The van der Waals surface area contributed by atoms with Crippen LogP contribution in [0.2, 0.25) is 5.02 Å². The molecule has 146 valence electrons. The number of rotatable bonds is 6. The average molecular weight is 396 g/mol. The van der Waals surface area contributed by atoms with Gasteiger partial charge in [-0.1, -0.05) is 68.4 Å². The van der Waals surface area contributed by atoms with Gasteiger partial charge in [0.05, 0.1) is 6.04 Å². The van der Waals surface area contributed by atoms with Crippen molar-refractivity contribution in [3.63, 3.8) is 0 Å². The fourth-order valence-corrected chi connectivity index (χ4v) is 4.12. The van der Waals surface area contributed by atoms with Crippen LogP contribution < -0.4 is 11.1 Å². The minimum absolute atomic E-state index is 0.0164. The molecule has 1 aliphatic carbocycles. The van der Waals surface area contributed by atoms with Crippen LogP contribution in [0.15, 0.2) is 73.2 Å². The third kappa shape index (κ3) is 3.92. The number of fused-ring (bicyclic) bond motifs is 1. The van der Waals surface area contributed by atoms with Crippen molar-refractivity contribution in [2.45, 2.75) is 32.9 Å². The Kier molecular flexibility index (Phi) is 5.80. The lowest BCUT2D eigenvalue weighted by molar-refractivity contribution is -0.119. The van der Waals surface area contributed by atoms with Crippen LogP contribution in [-0.2, 0) is 17.8 Å². The number of carbonyl (C=O) groups excluding carboxylic acids is 1. The molecule has 2 aromatic carbocycles. The Balaban J connectivity index is 1.82. The molecule has 1 aliphatic rings. The monoisotopic (exact) mass is 395 g/mol. The van der Waals surface area contributed by atoms with Gasteiger partial charge in [0.1, 0.15) is 5.70 Å². The zero-order chi connectivity index (χ0) is 20.3. The summed E-state index contributed by atoms with van der Waals surface area (Å²) in [6, 6.07) is 15.7. The van der Waals surface area contributed by atoms with Gasteiger partial charge in [-0.15, -0.1) is 0 Å². The second-order valence-electron chi connectivity index (χ2n) is 7.72. The third-order valence-electron chi connectivity index (χ3n) is 5.25. The second-order valence-corrected chi connectivity index (χ2v) is 8.15. The van der Waals surface area contributed by atoms with E-state index in [1.54, 1.807) is 18.3 Å². The van der Waals surface area contributed by atoms with E-state index in [0.29, 0.717) is 17.3 Å². The molecule has 1 unspecified atom stereocenters. The van der Waals surface area contributed by atoms with Crippen LogP contribution in [-0.4, -0.2) is 10.8 Å². The predicted molar refractivity (Wildman–Crippen MR) is 114 cm³/mol. The number of nitrogens with one attached hydrogen (secondary N) is 1. The van der Waals surface area contributed by atoms with Gasteiger partial charge in [0, 0.05) is 17.8 Å². The van der Waals surface area contributed by atoms with Crippen LogP contribution in [0.25, 0.3) is 0 Å². The molecule has 0 radical (unpaired) electrons. The quantitative estimate of drug-likeness (QED) is 0.706. The topological polar surface area (TPSA) is 58.4 Å². The number of halogens is 1. The van der Waals surface area contributed by atoms with Gasteiger partial charge in [-0.3, -0.25) is 4.79 Å². The summed E-state index contributed by atoms with van der Waals surface area (Å²) in [6.45, 7) is 8.75. The fraction of sp³-hybridized carbons (Fsp3) is 0.261. The summed E-state index contributed by atoms with van der Waals surface area (Å²) in [7, 11) is 0. The molecule has 0 aromatic heterocycles. The molecule has 1 atom stereocenters. The maximum absolute atomic E-state index is 12.9. The lowest BCUT2D eigenvalue weighted by Crippen LogP contribution is -2.38. The first-order chi connectivity index (χ1) is 13.4. The summed E-state index contributed by atoms with van der Waals surface area (Å²) in [5.74, 6) is -0.238. The molecule has 0 saturated heterocycles. The highest BCUT2D eigenvalue weighted by atomic mass is 35.5. The summed E-state index contributed by atoms with van der Waals surface area (Å²) >= 11 is 5.92. The van der Waals surface area contributed by atoms with E-state index in [4.69, 9.17) is 17.3 Å². The van der Waals surface area contributed by atoms with Crippen molar-refractivity contribution in [1.82, 2.24) is 10.2 Å². The van der Waals surface area contributed by atoms with Crippen molar-refractivity contribution in [2.24, 2.45) is 11.1 Å². The zero-order valence-corrected chi connectivity index (χ0v) is 17.0. The standard InChI is InChI=1S/C23H26ClN3O/c1-4-27(21-19-8-6-5-7-17(19)13-23(21,2)3)20(14-25)22(28)26-15-16-9-11-18(24)12-10-16/h4-12,14,21H,1,13,15,25H2,2-3H3,(H,26,28)/b20-14-. The van der Waals surface area contributed by atoms with Crippen LogP contribution >= 0.6 is 11.6 Å². The summed E-state index contributed by atoms with van der Waals surface area (Å²) < 4.78 is 0. The Labute approximate surface area is 171 Å². The molecule has 0 saturated carbocycles. The van der Waals surface area contributed by atoms with Crippen LogP contribution in [0.3, 0.4) is 0 Å². The molecule has 3 N–H and O–H groups in total. The molecular weight excluding hydrogens is 370 g/mol. The van der Waals surface area contributed by atoms with E-state index in [-0.39, 0.29) is 17.4 Å². The van der Waals surface area contributed by atoms with Gasteiger partial charge >= 0.3 is 0 Å². The van der Waals surface area contributed by atoms with E-state index < -0.39 is 0 Å². The van der Waals surface area contributed by atoms with Gasteiger partial charge in [0.15, 0.2) is 0 Å². The molecule has 28 heavy (non-hydrogen) atoms. The van der Waals surface area contributed by atoms with Crippen molar-refractivity contribution in [1.29, 1.82) is 0 Å². The largest absolute Gasteiger partial charge is 0.403 e. The average Bonchev–Trinajstić information content (AvgIpc) is 2.95. The summed E-state index contributed by atoms with van der Waals surface area (Å²) in [5, 5.41) is 3.60. The maximum atomic E-state index is 12.9. The van der Waals surface area contributed by atoms with Crippen LogP contribution in [0.1, 0.15) is 36.6 Å². The van der Waals surface area contributed by atoms with Gasteiger partial charge in [-0.25, -0.2) is 0 Å². The number of nitrogens with zero attached hydrogens (tertiary/aromatic N) is 1. The maximum Gasteiger partial charge on any atom is 0.269 e. The SMILES string of the molecule is C=CN(/C(=C\N)C(=O)NCc1ccc(Cl)cc1)C1c2ccccc2CC1(C)C. The van der Waals surface area contributed by atoms with Crippen LogP contribution in [0.5, 0.6) is 0 Å². The number of hydrogen-bond donors (Lipinski definition) is 2. The van der Waals surface area contributed by atoms with Crippen molar-refractivity contribution in [3.05, 3.63) is 94.9 Å². The Hall–Kier alpha value is -2.72. The Morgan fingerprint density at radius 3 is 2.61 bits per heavy atom. The second kappa shape index (κ2) is 8.11. The van der Waals surface area contributed by atoms with Gasteiger partial charge in [-0.05, 0) is 46.9 Å². The molecule has 1 amide bonds. The number of nitrogens with two attached hydrogens (primary N) is 1. The van der Waals surface area contributed by atoms with Gasteiger partial charge in [0.25, 0.3) is 5.91 Å². The van der Waals surface area contributed by atoms with Gasteiger partial charge < -0.3 is 16.0 Å². The first-order valence-corrected chi connectivity index (χ1v) is 9.68. The zero-order valence-electron chi connectivity index (χ0n) is 16.3. The Bertz CT molecular complexity index is 902. The highest BCUT2D eigenvalue weighted by Gasteiger charge is 2.43. The molecule has 2 aromatic rings. The number of amides is 1. The highest BCUT2D eigenvalue weighted by molar-refractivity contribution is 6.30. The molecule has 5 heteroatoms.